The van der Waals surface area contributed by atoms with Crippen molar-refractivity contribution in [3.05, 3.63) is 17.9 Å². The van der Waals surface area contributed by atoms with Gasteiger partial charge in [-0.15, -0.1) is 11.3 Å². The molecule has 0 spiro atoms. The smallest absolute Gasteiger partial charge is 0.188 e. The van der Waals surface area contributed by atoms with E-state index in [1.54, 1.807) is 6.20 Å². The number of nitrogens with one attached hydrogen (secondary N) is 2. The van der Waals surface area contributed by atoms with E-state index in [2.05, 4.69) is 30.5 Å². The van der Waals surface area contributed by atoms with Gasteiger partial charge in [0.1, 0.15) is 12.0 Å². The van der Waals surface area contributed by atoms with Crippen LogP contribution in [0.15, 0.2) is 17.9 Å². The Morgan fingerprint density at radius 2 is 1.95 bits per heavy atom. The fraction of sp³-hybridized carbons (Fsp3) is 0.500. The number of nitrogens with zero attached hydrogens (tertiary/aromatic N) is 4. The molecule has 0 saturated carbocycles. The molecule has 2 aromatic rings. The third kappa shape index (κ3) is 3.83. The summed E-state index contributed by atoms with van der Waals surface area (Å²) in [6.45, 7) is 4.23. The minimum Gasteiger partial charge on any atom is -0.393 e. The Morgan fingerprint density at radius 1 is 1.14 bits per heavy atom. The first kappa shape index (κ1) is 15.0. The van der Waals surface area contributed by atoms with Crippen molar-refractivity contribution in [1.29, 1.82) is 0 Å². The molecule has 0 aliphatic carbocycles. The van der Waals surface area contributed by atoms with Gasteiger partial charge < -0.3 is 21.3 Å². The maximum atomic E-state index is 6.13. The van der Waals surface area contributed by atoms with Gasteiger partial charge in [-0.05, 0) is 25.9 Å². The van der Waals surface area contributed by atoms with Crippen LogP contribution in [0.1, 0.15) is 19.3 Å². The number of anilines is 4. The van der Waals surface area contributed by atoms with Crippen LogP contribution in [-0.4, -0.2) is 46.0 Å². The third-order valence-corrected chi connectivity index (χ3v) is 4.40. The lowest BCUT2D eigenvalue weighted by atomic mass is 10.1. The summed E-state index contributed by atoms with van der Waals surface area (Å²) in [5.74, 6) is 1.26. The van der Waals surface area contributed by atoms with E-state index in [0.29, 0.717) is 17.3 Å². The van der Waals surface area contributed by atoms with Crippen LogP contribution in [0.3, 0.4) is 0 Å². The van der Waals surface area contributed by atoms with Gasteiger partial charge in [0.15, 0.2) is 16.8 Å². The van der Waals surface area contributed by atoms with Crippen molar-refractivity contribution in [1.82, 2.24) is 19.9 Å². The molecule has 8 heteroatoms. The molecule has 1 saturated heterocycles. The second-order valence-corrected chi connectivity index (χ2v) is 6.17. The van der Waals surface area contributed by atoms with Crippen LogP contribution in [0.4, 0.5) is 22.5 Å². The highest BCUT2D eigenvalue weighted by Gasteiger charge is 2.11. The van der Waals surface area contributed by atoms with E-state index >= 15 is 0 Å². The van der Waals surface area contributed by atoms with Gasteiger partial charge in [-0.2, -0.15) is 0 Å². The van der Waals surface area contributed by atoms with Crippen LogP contribution >= 0.6 is 11.3 Å². The van der Waals surface area contributed by atoms with Crippen molar-refractivity contribution in [2.24, 2.45) is 0 Å². The molecule has 0 atom stereocenters. The zero-order valence-electron chi connectivity index (χ0n) is 12.5. The van der Waals surface area contributed by atoms with E-state index in [9.17, 15) is 0 Å². The van der Waals surface area contributed by atoms with Crippen LogP contribution in [0.2, 0.25) is 0 Å². The van der Waals surface area contributed by atoms with E-state index in [0.717, 1.165) is 18.2 Å². The van der Waals surface area contributed by atoms with E-state index < -0.39 is 0 Å². The molecule has 3 heterocycles. The van der Waals surface area contributed by atoms with E-state index in [-0.39, 0.29) is 0 Å². The summed E-state index contributed by atoms with van der Waals surface area (Å²) in [7, 11) is 0. The number of aromatic nitrogens is 3. The molecule has 1 aliphatic heterocycles. The highest BCUT2D eigenvalue weighted by Crippen LogP contribution is 2.26. The second-order valence-electron chi connectivity index (χ2n) is 5.28. The van der Waals surface area contributed by atoms with Crippen LogP contribution in [0.5, 0.6) is 0 Å². The van der Waals surface area contributed by atoms with Gasteiger partial charge in [-0.1, -0.05) is 6.42 Å². The molecule has 0 amide bonds. The first-order chi connectivity index (χ1) is 10.8. The minimum absolute atomic E-state index is 0.524. The molecule has 7 nitrogen and oxygen atoms in total. The molecule has 22 heavy (non-hydrogen) atoms. The molecule has 4 N–H and O–H groups in total. The van der Waals surface area contributed by atoms with Crippen molar-refractivity contribution in [3.8, 4) is 0 Å². The predicted octanol–water partition coefficient (Wildman–Crippen LogP) is 2.16. The lowest BCUT2D eigenvalue weighted by Crippen LogP contribution is -2.33. The fourth-order valence-corrected chi connectivity index (χ4v) is 3.07. The molecule has 0 unspecified atom stereocenters. The first-order valence-corrected chi connectivity index (χ1v) is 8.44. The van der Waals surface area contributed by atoms with Crippen LogP contribution < -0.4 is 16.4 Å². The SMILES string of the molecule is Nc1c(NCCN2CCCCC2)ncnc1Nc1nccs1. The van der Waals surface area contributed by atoms with Gasteiger partial charge >= 0.3 is 0 Å². The molecule has 1 fully saturated rings. The Hall–Kier alpha value is -1.93. The Bertz CT molecular complexity index is 581. The average molecular weight is 319 g/mol. The predicted molar refractivity (Wildman–Crippen MR) is 90.6 cm³/mol. The molecular formula is C14H21N7S. The van der Waals surface area contributed by atoms with Crippen LogP contribution in [0, 0.1) is 0 Å². The Kier molecular flexibility index (Phi) is 5.02. The summed E-state index contributed by atoms with van der Waals surface area (Å²) in [6.07, 6.45) is 7.21. The number of hydrogen-bond acceptors (Lipinski definition) is 8. The number of likely N-dealkylation sites (tertiary alicyclic amines) is 1. The van der Waals surface area contributed by atoms with Crippen LogP contribution in [-0.2, 0) is 0 Å². The van der Waals surface area contributed by atoms with Gasteiger partial charge in [0.2, 0.25) is 0 Å². The largest absolute Gasteiger partial charge is 0.393 e. The van der Waals surface area contributed by atoms with E-state index in [1.165, 1.54) is 50.0 Å². The van der Waals surface area contributed by atoms with Crippen molar-refractivity contribution in [2.45, 2.75) is 19.3 Å². The summed E-state index contributed by atoms with van der Waals surface area (Å²) in [5, 5.41) is 9.09. The van der Waals surface area contributed by atoms with Gasteiger partial charge in [0, 0.05) is 24.7 Å². The van der Waals surface area contributed by atoms with Crippen molar-refractivity contribution in [3.63, 3.8) is 0 Å². The zero-order valence-corrected chi connectivity index (χ0v) is 13.3. The molecule has 3 rings (SSSR count). The Balaban J connectivity index is 1.56. The molecule has 1 aliphatic rings. The van der Waals surface area contributed by atoms with Crippen molar-refractivity contribution < 1.29 is 0 Å². The standard InChI is InChI=1S/C14H21N7S/c15-11-12(16-4-8-21-6-2-1-3-7-21)18-10-19-13(11)20-14-17-5-9-22-14/h5,9-10H,1-4,6-8,15H2,(H2,16,17,18,19,20). The normalized spacial score (nSPS) is 15.6. The maximum Gasteiger partial charge on any atom is 0.188 e. The lowest BCUT2D eigenvalue weighted by Gasteiger charge is -2.26. The Morgan fingerprint density at radius 3 is 2.73 bits per heavy atom. The number of hydrogen-bond donors (Lipinski definition) is 3. The highest BCUT2D eigenvalue weighted by molar-refractivity contribution is 7.13. The summed E-state index contributed by atoms with van der Waals surface area (Å²) < 4.78 is 0. The summed E-state index contributed by atoms with van der Waals surface area (Å²) in [4.78, 5) is 15.1. The zero-order chi connectivity index (χ0) is 15.2. The Labute approximate surface area is 134 Å². The van der Waals surface area contributed by atoms with E-state index in [1.807, 2.05) is 5.38 Å². The quantitative estimate of drug-likeness (QED) is 0.751. The van der Waals surface area contributed by atoms with Crippen LogP contribution in [0.25, 0.3) is 0 Å². The molecular weight excluding hydrogens is 298 g/mol. The highest BCUT2D eigenvalue weighted by atomic mass is 32.1. The van der Waals surface area contributed by atoms with Gasteiger partial charge in [0.05, 0.1) is 0 Å². The fourth-order valence-electron chi connectivity index (χ4n) is 2.54. The van der Waals surface area contributed by atoms with Gasteiger partial charge in [0.25, 0.3) is 0 Å². The number of rotatable bonds is 6. The number of thiazole rings is 1. The molecule has 118 valence electrons. The molecule has 0 aromatic carbocycles. The van der Waals surface area contributed by atoms with Crippen molar-refractivity contribution in [2.75, 3.05) is 42.5 Å². The number of nitrogens with two attached hydrogens (primary N) is 1. The second kappa shape index (κ2) is 7.37. The lowest BCUT2D eigenvalue weighted by molar-refractivity contribution is 0.237. The van der Waals surface area contributed by atoms with Gasteiger partial charge in [-0.3, -0.25) is 0 Å². The minimum atomic E-state index is 0.524. The third-order valence-electron chi connectivity index (χ3n) is 3.71. The maximum absolute atomic E-state index is 6.13. The van der Waals surface area contributed by atoms with E-state index in [4.69, 9.17) is 5.73 Å². The first-order valence-electron chi connectivity index (χ1n) is 7.56. The molecule has 2 aromatic heterocycles. The summed E-state index contributed by atoms with van der Waals surface area (Å²) >= 11 is 1.50. The number of nitrogen functional groups attached to an aromatic ring is 1. The monoisotopic (exact) mass is 319 g/mol. The topological polar surface area (TPSA) is 92.0 Å². The molecule has 0 bridgehead atoms. The molecule has 0 radical (unpaired) electrons. The summed E-state index contributed by atoms with van der Waals surface area (Å²) in [6, 6.07) is 0. The van der Waals surface area contributed by atoms with Crippen molar-refractivity contribution >= 4 is 33.8 Å². The number of piperidine rings is 1. The van der Waals surface area contributed by atoms with Gasteiger partial charge in [-0.25, -0.2) is 15.0 Å². The summed E-state index contributed by atoms with van der Waals surface area (Å²) in [5.41, 5.74) is 6.66. The average Bonchev–Trinajstić information content (AvgIpc) is 3.05.